The fourth-order valence-corrected chi connectivity index (χ4v) is 2.53. The van der Waals surface area contributed by atoms with Gasteiger partial charge in [0.05, 0.1) is 6.54 Å². The van der Waals surface area contributed by atoms with Crippen LogP contribution in [0.1, 0.15) is 24.8 Å². The summed E-state index contributed by atoms with van der Waals surface area (Å²) in [6.45, 7) is 6.70. The lowest BCUT2D eigenvalue weighted by Gasteiger charge is -2.26. The lowest BCUT2D eigenvalue weighted by Crippen LogP contribution is -2.38. The molecule has 0 bridgehead atoms. The summed E-state index contributed by atoms with van der Waals surface area (Å²) in [6.07, 6.45) is 3.99. The van der Waals surface area contributed by atoms with Gasteiger partial charge in [-0.2, -0.15) is 0 Å². The van der Waals surface area contributed by atoms with Gasteiger partial charge in [-0.15, -0.1) is 0 Å². The molecule has 0 aliphatic carbocycles. The van der Waals surface area contributed by atoms with E-state index in [-0.39, 0.29) is 5.91 Å². The molecule has 1 fully saturated rings. The third-order valence-corrected chi connectivity index (χ3v) is 3.76. The summed E-state index contributed by atoms with van der Waals surface area (Å²) in [5, 5.41) is 6.15. The zero-order valence-corrected chi connectivity index (χ0v) is 12.3. The zero-order chi connectivity index (χ0) is 14.2. The van der Waals surface area contributed by atoms with Gasteiger partial charge < -0.3 is 15.5 Å². The lowest BCUT2D eigenvalue weighted by molar-refractivity contribution is -0.115. The van der Waals surface area contributed by atoms with Crippen molar-refractivity contribution in [2.24, 2.45) is 0 Å². The van der Waals surface area contributed by atoms with E-state index in [9.17, 15) is 4.79 Å². The molecule has 1 aromatic rings. The molecule has 0 saturated carbocycles. The molecular formula is C16H25N3O. The second kappa shape index (κ2) is 8.02. The van der Waals surface area contributed by atoms with Crippen molar-refractivity contribution in [2.45, 2.75) is 26.2 Å². The number of aryl methyl sites for hydroxylation is 1. The van der Waals surface area contributed by atoms with E-state index in [1.165, 1.54) is 32.4 Å². The Labute approximate surface area is 121 Å². The lowest BCUT2D eigenvalue weighted by atomic mass is 10.1. The van der Waals surface area contributed by atoms with Crippen LogP contribution < -0.4 is 10.6 Å². The third kappa shape index (κ3) is 4.94. The van der Waals surface area contributed by atoms with Gasteiger partial charge in [-0.1, -0.05) is 24.6 Å². The first kappa shape index (κ1) is 15.0. The van der Waals surface area contributed by atoms with Crippen molar-refractivity contribution in [3.8, 4) is 0 Å². The first-order valence-electron chi connectivity index (χ1n) is 7.54. The Hall–Kier alpha value is -1.39. The van der Waals surface area contributed by atoms with E-state index in [4.69, 9.17) is 0 Å². The standard InChI is InChI=1S/C16H25N3O/c1-14-7-3-4-8-15(14)18-16(20)13-17-9-12-19-10-5-2-6-11-19/h3-4,7-8,17H,2,5-6,9-13H2,1H3,(H,18,20). The van der Waals surface area contributed by atoms with Crippen LogP contribution >= 0.6 is 0 Å². The van der Waals surface area contributed by atoms with Crippen molar-refractivity contribution in [3.05, 3.63) is 29.8 Å². The molecule has 20 heavy (non-hydrogen) atoms. The summed E-state index contributed by atoms with van der Waals surface area (Å²) in [6, 6.07) is 7.84. The van der Waals surface area contributed by atoms with Gasteiger partial charge in [-0.05, 0) is 44.5 Å². The first-order valence-corrected chi connectivity index (χ1v) is 7.54. The number of carbonyl (C=O) groups excluding carboxylic acids is 1. The number of piperidine rings is 1. The van der Waals surface area contributed by atoms with Crippen molar-refractivity contribution in [2.75, 3.05) is 38.0 Å². The molecule has 0 atom stereocenters. The molecule has 2 rings (SSSR count). The molecule has 1 heterocycles. The van der Waals surface area contributed by atoms with E-state index in [1.807, 2.05) is 31.2 Å². The van der Waals surface area contributed by atoms with Gasteiger partial charge in [0.1, 0.15) is 0 Å². The second-order valence-corrected chi connectivity index (χ2v) is 5.44. The monoisotopic (exact) mass is 275 g/mol. The number of rotatable bonds is 6. The third-order valence-electron chi connectivity index (χ3n) is 3.76. The highest BCUT2D eigenvalue weighted by Crippen LogP contribution is 2.12. The summed E-state index contributed by atoms with van der Waals surface area (Å²) in [5.74, 6) is 0.0259. The number of hydrogen-bond donors (Lipinski definition) is 2. The van der Waals surface area contributed by atoms with E-state index in [2.05, 4.69) is 15.5 Å². The Morgan fingerprint density at radius 2 is 1.95 bits per heavy atom. The Kier molecular flexibility index (Phi) is 6.02. The van der Waals surface area contributed by atoms with Crippen LogP contribution in [0.15, 0.2) is 24.3 Å². The highest BCUT2D eigenvalue weighted by atomic mass is 16.1. The topological polar surface area (TPSA) is 44.4 Å². The molecule has 0 aromatic heterocycles. The van der Waals surface area contributed by atoms with E-state index < -0.39 is 0 Å². The molecular weight excluding hydrogens is 250 g/mol. The predicted octanol–water partition coefficient (Wildman–Crippen LogP) is 2.01. The van der Waals surface area contributed by atoms with Crippen LogP contribution in [0.3, 0.4) is 0 Å². The number of benzene rings is 1. The van der Waals surface area contributed by atoms with Crippen LogP contribution in [0.25, 0.3) is 0 Å². The van der Waals surface area contributed by atoms with Crippen LogP contribution in [-0.4, -0.2) is 43.5 Å². The maximum Gasteiger partial charge on any atom is 0.238 e. The number of amides is 1. The molecule has 2 N–H and O–H groups in total. The summed E-state index contributed by atoms with van der Waals surface area (Å²) in [5.41, 5.74) is 1.99. The summed E-state index contributed by atoms with van der Waals surface area (Å²) in [4.78, 5) is 14.3. The van der Waals surface area contributed by atoms with Crippen LogP contribution in [-0.2, 0) is 4.79 Å². The summed E-state index contributed by atoms with van der Waals surface area (Å²) in [7, 11) is 0. The Balaban J connectivity index is 1.61. The van der Waals surface area contributed by atoms with Crippen molar-refractivity contribution < 1.29 is 4.79 Å². The molecule has 1 saturated heterocycles. The van der Waals surface area contributed by atoms with Gasteiger partial charge in [-0.25, -0.2) is 0 Å². The minimum absolute atomic E-state index is 0.0259. The fourth-order valence-electron chi connectivity index (χ4n) is 2.53. The number of nitrogens with one attached hydrogen (secondary N) is 2. The smallest absolute Gasteiger partial charge is 0.238 e. The number of carbonyl (C=O) groups is 1. The minimum atomic E-state index is 0.0259. The maximum absolute atomic E-state index is 11.8. The molecule has 110 valence electrons. The quantitative estimate of drug-likeness (QED) is 0.781. The van der Waals surface area contributed by atoms with Crippen LogP contribution in [0.4, 0.5) is 5.69 Å². The average Bonchev–Trinajstić information content (AvgIpc) is 2.47. The highest BCUT2D eigenvalue weighted by molar-refractivity contribution is 5.92. The van der Waals surface area contributed by atoms with Crippen LogP contribution in [0, 0.1) is 6.92 Å². The van der Waals surface area contributed by atoms with Gasteiger partial charge in [0.25, 0.3) is 0 Å². The van der Waals surface area contributed by atoms with Crippen molar-refractivity contribution in [1.82, 2.24) is 10.2 Å². The molecule has 0 radical (unpaired) electrons. The SMILES string of the molecule is Cc1ccccc1NC(=O)CNCCN1CCCCC1. The van der Waals surface area contributed by atoms with E-state index in [0.717, 1.165) is 24.3 Å². The molecule has 1 aliphatic rings. The predicted molar refractivity (Wildman–Crippen MR) is 83.0 cm³/mol. The summed E-state index contributed by atoms with van der Waals surface area (Å²) < 4.78 is 0. The van der Waals surface area contributed by atoms with Gasteiger partial charge in [0.15, 0.2) is 0 Å². The fraction of sp³-hybridized carbons (Fsp3) is 0.562. The average molecular weight is 275 g/mol. The van der Waals surface area contributed by atoms with E-state index >= 15 is 0 Å². The molecule has 0 unspecified atom stereocenters. The molecule has 4 heteroatoms. The Morgan fingerprint density at radius 1 is 1.20 bits per heavy atom. The van der Waals surface area contributed by atoms with Crippen molar-refractivity contribution in [3.63, 3.8) is 0 Å². The number of likely N-dealkylation sites (tertiary alicyclic amines) is 1. The van der Waals surface area contributed by atoms with E-state index in [0.29, 0.717) is 6.54 Å². The Morgan fingerprint density at radius 3 is 2.70 bits per heavy atom. The normalized spacial score (nSPS) is 16.1. The van der Waals surface area contributed by atoms with Crippen molar-refractivity contribution in [1.29, 1.82) is 0 Å². The highest BCUT2D eigenvalue weighted by Gasteiger charge is 2.09. The van der Waals surface area contributed by atoms with Gasteiger partial charge in [-0.3, -0.25) is 4.79 Å². The molecule has 0 spiro atoms. The van der Waals surface area contributed by atoms with Gasteiger partial charge in [0.2, 0.25) is 5.91 Å². The number of hydrogen-bond acceptors (Lipinski definition) is 3. The van der Waals surface area contributed by atoms with Gasteiger partial charge in [0, 0.05) is 18.8 Å². The molecule has 1 aromatic carbocycles. The zero-order valence-electron chi connectivity index (χ0n) is 12.3. The minimum Gasteiger partial charge on any atom is -0.325 e. The van der Waals surface area contributed by atoms with Crippen LogP contribution in [0.2, 0.25) is 0 Å². The molecule has 1 amide bonds. The Bertz CT molecular complexity index is 427. The number of para-hydroxylation sites is 1. The number of anilines is 1. The largest absolute Gasteiger partial charge is 0.325 e. The summed E-state index contributed by atoms with van der Waals surface area (Å²) >= 11 is 0. The first-order chi connectivity index (χ1) is 9.75. The second-order valence-electron chi connectivity index (χ2n) is 5.44. The van der Waals surface area contributed by atoms with Crippen molar-refractivity contribution >= 4 is 11.6 Å². The molecule has 1 aliphatic heterocycles. The van der Waals surface area contributed by atoms with Gasteiger partial charge >= 0.3 is 0 Å². The molecule has 4 nitrogen and oxygen atoms in total. The maximum atomic E-state index is 11.8. The van der Waals surface area contributed by atoms with Crippen LogP contribution in [0.5, 0.6) is 0 Å². The number of nitrogens with zero attached hydrogens (tertiary/aromatic N) is 1. The van der Waals surface area contributed by atoms with E-state index in [1.54, 1.807) is 0 Å².